The van der Waals surface area contributed by atoms with E-state index in [2.05, 4.69) is 15.4 Å². The van der Waals surface area contributed by atoms with Crippen LogP contribution < -0.4 is 15.5 Å². The Hall–Kier alpha value is -3.32. The molecular formula is C21H20ClN3O4. The summed E-state index contributed by atoms with van der Waals surface area (Å²) in [4.78, 5) is 38.3. The Morgan fingerprint density at radius 3 is 2.62 bits per heavy atom. The number of halogens is 1. The molecule has 2 N–H and O–H groups in total. The summed E-state index contributed by atoms with van der Waals surface area (Å²) in [5.74, 6) is -1.22. The molecule has 29 heavy (non-hydrogen) atoms. The lowest BCUT2D eigenvalue weighted by Gasteiger charge is -2.21. The molecule has 1 aliphatic heterocycles. The second-order valence-electron chi connectivity index (χ2n) is 6.36. The maximum Gasteiger partial charge on any atom is 0.311 e. The maximum atomic E-state index is 12.8. The predicted octanol–water partition coefficient (Wildman–Crippen LogP) is 2.86. The van der Waals surface area contributed by atoms with Crippen LogP contribution in [0.3, 0.4) is 0 Å². The third-order valence-electron chi connectivity index (χ3n) is 4.35. The highest BCUT2D eigenvalue weighted by Crippen LogP contribution is 2.30. The molecule has 150 valence electrons. The smallest absolute Gasteiger partial charge is 0.311 e. The van der Waals surface area contributed by atoms with Crippen molar-refractivity contribution in [2.24, 2.45) is 0 Å². The van der Waals surface area contributed by atoms with E-state index in [4.69, 9.17) is 11.6 Å². The number of methoxy groups -OCH3 is 1. The van der Waals surface area contributed by atoms with E-state index in [1.165, 1.54) is 18.1 Å². The Kier molecular flexibility index (Phi) is 6.51. The largest absolute Gasteiger partial charge is 0.469 e. The number of benzene rings is 2. The predicted molar refractivity (Wildman–Crippen MR) is 110 cm³/mol. The number of hydrogen-bond acceptors (Lipinski definition) is 5. The van der Waals surface area contributed by atoms with Crippen molar-refractivity contribution in [3.8, 4) is 0 Å². The van der Waals surface area contributed by atoms with Gasteiger partial charge in [0.2, 0.25) is 5.91 Å². The van der Waals surface area contributed by atoms with Gasteiger partial charge in [0.1, 0.15) is 6.54 Å². The molecule has 0 fully saturated rings. The highest BCUT2D eigenvalue weighted by atomic mass is 35.5. The fraction of sp³-hybridized carbons (Fsp3) is 0.190. The number of nitrogens with zero attached hydrogens (tertiary/aromatic N) is 1. The zero-order valence-corrected chi connectivity index (χ0v) is 16.5. The Bertz CT molecular complexity index is 974. The molecule has 8 heteroatoms. The number of ether oxygens (including phenoxy) is 1. The average molecular weight is 414 g/mol. The van der Waals surface area contributed by atoms with Crippen molar-refractivity contribution >= 4 is 40.8 Å². The second kappa shape index (κ2) is 9.25. The normalized spacial score (nSPS) is 13.0. The van der Waals surface area contributed by atoms with Crippen LogP contribution in [0, 0.1) is 0 Å². The van der Waals surface area contributed by atoms with Gasteiger partial charge < -0.3 is 15.4 Å². The Morgan fingerprint density at radius 2 is 1.86 bits per heavy atom. The summed E-state index contributed by atoms with van der Waals surface area (Å²) in [6, 6.07) is 14.3. The van der Waals surface area contributed by atoms with Crippen LogP contribution in [0.5, 0.6) is 0 Å². The fourth-order valence-corrected chi connectivity index (χ4v) is 3.09. The molecule has 0 radical (unpaired) electrons. The first-order valence-electron chi connectivity index (χ1n) is 8.93. The topological polar surface area (TPSA) is 87.7 Å². The number of rotatable bonds is 6. The van der Waals surface area contributed by atoms with Gasteiger partial charge in [-0.3, -0.25) is 19.3 Å². The highest BCUT2D eigenvalue weighted by Gasteiger charge is 2.24. The summed E-state index contributed by atoms with van der Waals surface area (Å²) in [6.07, 6.45) is 1.22. The van der Waals surface area contributed by atoms with Crippen molar-refractivity contribution < 1.29 is 19.1 Å². The number of carbonyl (C=O) groups is 3. The molecule has 3 rings (SSSR count). The molecule has 1 aliphatic rings. The van der Waals surface area contributed by atoms with Gasteiger partial charge in [0.25, 0.3) is 5.91 Å². The Morgan fingerprint density at radius 1 is 1.14 bits per heavy atom. The van der Waals surface area contributed by atoms with E-state index in [0.29, 0.717) is 22.1 Å². The number of anilines is 2. The van der Waals surface area contributed by atoms with Crippen molar-refractivity contribution in [1.82, 2.24) is 5.32 Å². The summed E-state index contributed by atoms with van der Waals surface area (Å²) in [5.41, 5.74) is 2.34. The number of fused-ring (bicyclic) bond motifs is 1. The Balaban J connectivity index is 1.76. The molecule has 0 saturated heterocycles. The summed E-state index contributed by atoms with van der Waals surface area (Å²) >= 11 is 6.11. The van der Waals surface area contributed by atoms with Gasteiger partial charge in [-0.05, 0) is 23.8 Å². The number of amides is 2. The van der Waals surface area contributed by atoms with Gasteiger partial charge in [-0.1, -0.05) is 41.9 Å². The molecule has 0 unspecified atom stereocenters. The van der Waals surface area contributed by atoms with E-state index in [-0.39, 0.29) is 25.4 Å². The first-order chi connectivity index (χ1) is 14.0. The minimum Gasteiger partial charge on any atom is -0.469 e. The number of nitrogens with one attached hydrogen (secondary N) is 2. The van der Waals surface area contributed by atoms with Crippen molar-refractivity contribution in [2.75, 3.05) is 23.9 Å². The molecule has 0 spiro atoms. The minimum absolute atomic E-state index is 0.0802. The molecule has 0 aliphatic carbocycles. The number of esters is 1. The molecule has 2 amide bonds. The minimum atomic E-state index is -0.472. The lowest BCUT2D eigenvalue weighted by atomic mass is 10.2. The van der Waals surface area contributed by atoms with Crippen molar-refractivity contribution in [3.05, 3.63) is 70.9 Å². The van der Waals surface area contributed by atoms with Crippen LogP contribution >= 0.6 is 11.6 Å². The van der Waals surface area contributed by atoms with Crippen LogP contribution in [0.15, 0.2) is 60.3 Å². The SMILES string of the molecule is COC(=O)CC1=CC(=O)N(CC(=O)NCc2ccccc2Cl)c2ccccc2N1. The van der Waals surface area contributed by atoms with Crippen molar-refractivity contribution in [3.63, 3.8) is 0 Å². The van der Waals surface area contributed by atoms with Gasteiger partial charge in [-0.15, -0.1) is 0 Å². The highest BCUT2D eigenvalue weighted by molar-refractivity contribution is 6.31. The molecule has 2 aromatic carbocycles. The van der Waals surface area contributed by atoms with Crippen LogP contribution in [-0.4, -0.2) is 31.4 Å². The first-order valence-corrected chi connectivity index (χ1v) is 9.30. The lowest BCUT2D eigenvalue weighted by Crippen LogP contribution is -2.39. The number of hydrogen-bond donors (Lipinski definition) is 2. The van der Waals surface area contributed by atoms with Gasteiger partial charge in [-0.25, -0.2) is 0 Å². The van der Waals surface area contributed by atoms with Crippen LogP contribution in [0.2, 0.25) is 5.02 Å². The maximum absolute atomic E-state index is 12.8. The average Bonchev–Trinajstić information content (AvgIpc) is 2.83. The van der Waals surface area contributed by atoms with E-state index in [1.54, 1.807) is 30.3 Å². The molecule has 0 atom stereocenters. The molecule has 0 bridgehead atoms. The zero-order valence-electron chi connectivity index (χ0n) is 15.8. The van der Waals surface area contributed by atoms with Crippen molar-refractivity contribution in [2.45, 2.75) is 13.0 Å². The fourth-order valence-electron chi connectivity index (χ4n) is 2.89. The van der Waals surface area contributed by atoms with Gasteiger partial charge in [0, 0.05) is 23.3 Å². The molecule has 7 nitrogen and oxygen atoms in total. The third-order valence-corrected chi connectivity index (χ3v) is 4.72. The summed E-state index contributed by atoms with van der Waals surface area (Å²) in [6.45, 7) is 0.0772. The summed E-state index contributed by atoms with van der Waals surface area (Å²) in [5, 5.41) is 6.41. The standard InChI is InChI=1S/C21H20ClN3O4/c1-29-21(28)11-15-10-20(27)25(18-9-5-4-8-17(18)24-15)13-19(26)23-12-14-6-2-3-7-16(14)22/h2-10,24H,11-13H2,1H3,(H,23,26). The second-order valence-corrected chi connectivity index (χ2v) is 6.76. The van der Waals surface area contributed by atoms with Gasteiger partial charge in [0.05, 0.1) is 24.9 Å². The van der Waals surface area contributed by atoms with Crippen LogP contribution in [0.4, 0.5) is 11.4 Å². The monoisotopic (exact) mass is 413 g/mol. The molecule has 0 saturated carbocycles. The summed E-state index contributed by atoms with van der Waals surface area (Å²) < 4.78 is 4.67. The van der Waals surface area contributed by atoms with E-state index in [1.807, 2.05) is 18.2 Å². The van der Waals surface area contributed by atoms with Crippen LogP contribution in [0.25, 0.3) is 0 Å². The van der Waals surface area contributed by atoms with E-state index >= 15 is 0 Å². The van der Waals surface area contributed by atoms with E-state index in [0.717, 1.165) is 5.56 Å². The van der Waals surface area contributed by atoms with Crippen molar-refractivity contribution in [1.29, 1.82) is 0 Å². The van der Waals surface area contributed by atoms with Crippen LogP contribution in [-0.2, 0) is 25.7 Å². The Labute approximate surface area is 173 Å². The van der Waals surface area contributed by atoms with E-state index < -0.39 is 11.9 Å². The number of carbonyl (C=O) groups excluding carboxylic acids is 3. The van der Waals surface area contributed by atoms with Gasteiger partial charge in [0.15, 0.2) is 0 Å². The van der Waals surface area contributed by atoms with Gasteiger partial charge in [-0.2, -0.15) is 0 Å². The van der Waals surface area contributed by atoms with E-state index in [9.17, 15) is 14.4 Å². The third kappa shape index (κ3) is 5.14. The molecule has 2 aromatic rings. The zero-order chi connectivity index (χ0) is 20.8. The quantitative estimate of drug-likeness (QED) is 0.711. The lowest BCUT2D eigenvalue weighted by molar-refractivity contribution is -0.139. The first kappa shape index (κ1) is 20.4. The molecule has 0 aromatic heterocycles. The van der Waals surface area contributed by atoms with Gasteiger partial charge >= 0.3 is 5.97 Å². The molecular weight excluding hydrogens is 394 g/mol. The molecule has 1 heterocycles. The van der Waals surface area contributed by atoms with Crippen LogP contribution in [0.1, 0.15) is 12.0 Å². The summed E-state index contributed by atoms with van der Waals surface area (Å²) in [7, 11) is 1.28. The number of para-hydroxylation sites is 2.